The first-order valence-electron chi connectivity index (χ1n) is 5.01. The quantitative estimate of drug-likeness (QED) is 0.790. The van der Waals surface area contributed by atoms with Crippen molar-refractivity contribution in [3.63, 3.8) is 0 Å². The molecule has 0 radical (unpaired) electrons. The summed E-state index contributed by atoms with van der Waals surface area (Å²) < 4.78 is 38.4. The largest absolute Gasteiger partial charge is 0.433 e. The van der Waals surface area contributed by atoms with Gasteiger partial charge in [-0.1, -0.05) is 22.0 Å². The monoisotopic (exact) mass is 336 g/mol. The van der Waals surface area contributed by atoms with E-state index < -0.39 is 11.9 Å². The molecule has 0 spiro atoms. The Kier molecular flexibility index (Phi) is 4.01. The van der Waals surface area contributed by atoms with Gasteiger partial charge in [0.1, 0.15) is 5.82 Å². The lowest BCUT2D eigenvalue weighted by molar-refractivity contribution is -0.141. The number of alkyl halides is 4. The Balaban J connectivity index is 2.34. The van der Waals surface area contributed by atoms with E-state index in [4.69, 9.17) is 0 Å². The fourth-order valence-electron chi connectivity index (χ4n) is 1.44. The minimum Gasteiger partial charge on any atom is -0.241 e. The smallest absolute Gasteiger partial charge is 0.241 e. The first kappa shape index (κ1) is 13.5. The van der Waals surface area contributed by atoms with Crippen LogP contribution < -0.4 is 0 Å². The molecular formula is C11H8BrF3N2S. The summed E-state index contributed by atoms with van der Waals surface area (Å²) >= 11 is 4.48. The molecule has 0 fully saturated rings. The van der Waals surface area contributed by atoms with Gasteiger partial charge < -0.3 is 0 Å². The lowest BCUT2D eigenvalue weighted by Gasteiger charge is -2.10. The molecule has 96 valence electrons. The van der Waals surface area contributed by atoms with Gasteiger partial charge in [-0.15, -0.1) is 11.3 Å². The van der Waals surface area contributed by atoms with E-state index in [0.29, 0.717) is 6.42 Å². The van der Waals surface area contributed by atoms with Gasteiger partial charge in [-0.25, -0.2) is 9.97 Å². The third-order valence-corrected chi connectivity index (χ3v) is 3.72. The molecule has 2 aromatic heterocycles. The van der Waals surface area contributed by atoms with Gasteiger partial charge in [0.25, 0.3) is 0 Å². The zero-order chi connectivity index (χ0) is 13.2. The summed E-state index contributed by atoms with van der Waals surface area (Å²) in [6, 6.07) is 3.69. The highest BCUT2D eigenvalue weighted by Gasteiger charge is 2.35. The van der Waals surface area contributed by atoms with E-state index in [1.807, 2.05) is 17.5 Å². The van der Waals surface area contributed by atoms with E-state index in [2.05, 4.69) is 25.9 Å². The van der Waals surface area contributed by atoms with Gasteiger partial charge in [-0.2, -0.15) is 13.2 Å². The molecule has 0 aliphatic rings. The van der Waals surface area contributed by atoms with Crippen molar-refractivity contribution in [3.05, 3.63) is 45.7 Å². The molecule has 0 aromatic carbocycles. The average molecular weight is 337 g/mol. The summed E-state index contributed by atoms with van der Waals surface area (Å²) in [7, 11) is 0. The van der Waals surface area contributed by atoms with Crippen LogP contribution in [0.1, 0.15) is 22.0 Å². The number of hydrogen-bond donors (Lipinski definition) is 0. The molecule has 2 aromatic rings. The Morgan fingerprint density at radius 3 is 2.67 bits per heavy atom. The molecule has 2 rings (SSSR count). The van der Waals surface area contributed by atoms with E-state index in [1.165, 1.54) is 17.5 Å². The van der Waals surface area contributed by atoms with Crippen LogP contribution in [0.25, 0.3) is 0 Å². The molecule has 0 atom stereocenters. The van der Waals surface area contributed by atoms with Crippen LogP contribution in [-0.2, 0) is 17.9 Å². The topological polar surface area (TPSA) is 25.8 Å². The predicted octanol–water partition coefficient (Wildman–Crippen LogP) is 4.04. The van der Waals surface area contributed by atoms with Crippen molar-refractivity contribution >= 4 is 27.3 Å². The van der Waals surface area contributed by atoms with Crippen molar-refractivity contribution in [1.82, 2.24) is 9.97 Å². The molecule has 0 N–H and O–H groups in total. The molecular weight excluding hydrogens is 329 g/mol. The number of halogens is 4. The fraction of sp³-hybridized carbons (Fsp3) is 0.273. The first-order chi connectivity index (χ1) is 8.50. The highest BCUT2D eigenvalue weighted by molar-refractivity contribution is 9.08. The molecule has 2 heterocycles. The third-order valence-electron chi connectivity index (χ3n) is 2.24. The van der Waals surface area contributed by atoms with Crippen LogP contribution in [0.15, 0.2) is 23.7 Å². The van der Waals surface area contributed by atoms with Gasteiger partial charge in [0.15, 0.2) is 5.69 Å². The lowest BCUT2D eigenvalue weighted by atomic mass is 10.2. The highest BCUT2D eigenvalue weighted by Crippen LogP contribution is 2.31. The highest BCUT2D eigenvalue weighted by atomic mass is 79.9. The van der Waals surface area contributed by atoms with E-state index in [1.54, 1.807) is 0 Å². The molecule has 18 heavy (non-hydrogen) atoms. The summed E-state index contributed by atoms with van der Waals surface area (Å²) in [5, 5.41) is 1.95. The van der Waals surface area contributed by atoms with Crippen molar-refractivity contribution in [3.8, 4) is 0 Å². The second-order valence-corrected chi connectivity index (χ2v) is 5.14. The molecule has 0 saturated heterocycles. The summed E-state index contributed by atoms with van der Waals surface area (Å²) in [4.78, 5) is 8.53. The molecule has 0 aliphatic carbocycles. The van der Waals surface area contributed by atoms with Gasteiger partial charge in [0.05, 0.1) is 0 Å². The van der Waals surface area contributed by atoms with Gasteiger partial charge >= 0.3 is 6.18 Å². The first-order valence-corrected chi connectivity index (χ1v) is 7.01. The molecule has 0 aliphatic heterocycles. The predicted molar refractivity (Wildman–Crippen MR) is 66.8 cm³/mol. The third kappa shape index (κ3) is 3.08. The standard InChI is InChI=1S/C11H8BrF3N2S/c12-5-7-6-16-9(4-8-2-1-3-18-8)17-10(7)11(13,14)15/h1-3,6H,4-5H2. The van der Waals surface area contributed by atoms with Crippen LogP contribution in [0.4, 0.5) is 13.2 Å². The van der Waals surface area contributed by atoms with Crippen LogP contribution in [0.3, 0.4) is 0 Å². The van der Waals surface area contributed by atoms with Crippen LogP contribution >= 0.6 is 27.3 Å². The number of thiophene rings is 1. The number of hydrogen-bond acceptors (Lipinski definition) is 3. The summed E-state index contributed by atoms with van der Waals surface area (Å²) in [6.45, 7) is 0. The lowest BCUT2D eigenvalue weighted by Crippen LogP contribution is -2.14. The van der Waals surface area contributed by atoms with E-state index in [0.717, 1.165) is 4.88 Å². The molecule has 0 unspecified atom stereocenters. The minimum atomic E-state index is -4.45. The second-order valence-electron chi connectivity index (χ2n) is 3.55. The zero-order valence-corrected chi connectivity index (χ0v) is 11.4. The van der Waals surface area contributed by atoms with Crippen LogP contribution in [0.5, 0.6) is 0 Å². The molecule has 0 amide bonds. The van der Waals surface area contributed by atoms with Crippen molar-refractivity contribution in [1.29, 1.82) is 0 Å². The Labute approximate surface area is 114 Å². The number of rotatable bonds is 3. The minimum absolute atomic E-state index is 0.0532. The number of aromatic nitrogens is 2. The SMILES string of the molecule is FC(F)(F)c1nc(Cc2cccs2)ncc1CBr. The molecule has 2 nitrogen and oxygen atoms in total. The van der Waals surface area contributed by atoms with E-state index >= 15 is 0 Å². The maximum absolute atomic E-state index is 12.8. The molecule has 0 saturated carbocycles. The van der Waals surface area contributed by atoms with E-state index in [-0.39, 0.29) is 16.7 Å². The van der Waals surface area contributed by atoms with Gasteiger partial charge in [0, 0.05) is 28.4 Å². The van der Waals surface area contributed by atoms with Crippen LogP contribution in [0, 0.1) is 0 Å². The molecule has 7 heteroatoms. The Morgan fingerprint density at radius 1 is 1.33 bits per heavy atom. The Bertz CT molecular complexity index is 526. The normalized spacial score (nSPS) is 11.8. The Hall–Kier alpha value is -0.950. The zero-order valence-electron chi connectivity index (χ0n) is 9.04. The van der Waals surface area contributed by atoms with Crippen molar-refractivity contribution in [2.45, 2.75) is 17.9 Å². The van der Waals surface area contributed by atoms with Crippen molar-refractivity contribution < 1.29 is 13.2 Å². The number of nitrogens with zero attached hydrogens (tertiary/aromatic N) is 2. The average Bonchev–Trinajstić information content (AvgIpc) is 2.80. The summed E-state index contributed by atoms with van der Waals surface area (Å²) in [5.74, 6) is 0.189. The second kappa shape index (κ2) is 5.36. The van der Waals surface area contributed by atoms with Crippen LogP contribution in [-0.4, -0.2) is 9.97 Å². The van der Waals surface area contributed by atoms with Gasteiger partial charge in [0.2, 0.25) is 0 Å². The van der Waals surface area contributed by atoms with Crippen molar-refractivity contribution in [2.24, 2.45) is 0 Å². The van der Waals surface area contributed by atoms with Gasteiger partial charge in [-0.05, 0) is 11.4 Å². The maximum Gasteiger partial charge on any atom is 0.433 e. The Morgan fingerprint density at radius 2 is 2.11 bits per heavy atom. The van der Waals surface area contributed by atoms with E-state index in [9.17, 15) is 13.2 Å². The fourth-order valence-corrected chi connectivity index (χ4v) is 2.55. The van der Waals surface area contributed by atoms with Crippen molar-refractivity contribution in [2.75, 3.05) is 0 Å². The summed E-state index contributed by atoms with van der Waals surface area (Å²) in [5.41, 5.74) is -0.807. The van der Waals surface area contributed by atoms with Gasteiger partial charge in [-0.3, -0.25) is 0 Å². The molecule has 0 bridgehead atoms. The maximum atomic E-state index is 12.8. The summed E-state index contributed by atoms with van der Waals surface area (Å²) in [6.07, 6.45) is -2.90. The van der Waals surface area contributed by atoms with Crippen LogP contribution in [0.2, 0.25) is 0 Å².